The summed E-state index contributed by atoms with van der Waals surface area (Å²) in [7, 11) is 1.81. The molecule has 2 aromatic heterocycles. The first-order valence-electron chi connectivity index (χ1n) is 4.35. The van der Waals surface area contributed by atoms with Gasteiger partial charge in [-0.2, -0.15) is 10.2 Å². The van der Waals surface area contributed by atoms with Crippen LogP contribution in [0.25, 0.3) is 0 Å². The number of aryl methyl sites for hydroxylation is 2. The SMILES string of the molecule is Cc1cnn(C)c1C(O)c1cn[nH]c1. The van der Waals surface area contributed by atoms with E-state index in [1.807, 2.05) is 14.0 Å². The van der Waals surface area contributed by atoms with E-state index in [0.717, 1.165) is 16.8 Å². The molecule has 2 N–H and O–H groups in total. The summed E-state index contributed by atoms with van der Waals surface area (Å²) in [5.41, 5.74) is 2.52. The molecule has 0 radical (unpaired) electrons. The van der Waals surface area contributed by atoms with E-state index in [4.69, 9.17) is 0 Å². The Hall–Kier alpha value is -1.62. The molecule has 0 aliphatic heterocycles. The first kappa shape index (κ1) is 8.96. The molecule has 2 rings (SSSR count). The molecule has 5 heteroatoms. The third kappa shape index (κ3) is 1.31. The first-order chi connectivity index (χ1) is 6.70. The maximum Gasteiger partial charge on any atom is 0.124 e. The lowest BCUT2D eigenvalue weighted by Crippen LogP contribution is -2.07. The summed E-state index contributed by atoms with van der Waals surface area (Å²) >= 11 is 0. The fourth-order valence-electron chi connectivity index (χ4n) is 1.52. The van der Waals surface area contributed by atoms with Crippen molar-refractivity contribution < 1.29 is 5.11 Å². The van der Waals surface area contributed by atoms with Crippen LogP contribution >= 0.6 is 0 Å². The minimum atomic E-state index is -0.666. The molecule has 0 aromatic carbocycles. The third-order valence-electron chi connectivity index (χ3n) is 2.27. The Kier molecular flexibility index (Phi) is 2.09. The zero-order chi connectivity index (χ0) is 10.1. The lowest BCUT2D eigenvalue weighted by atomic mass is 10.1. The Morgan fingerprint density at radius 2 is 2.29 bits per heavy atom. The summed E-state index contributed by atoms with van der Waals surface area (Å²) in [5, 5.41) is 20.6. The summed E-state index contributed by atoms with van der Waals surface area (Å²) in [6.07, 6.45) is 4.36. The first-order valence-corrected chi connectivity index (χ1v) is 4.35. The molecule has 0 aliphatic rings. The summed E-state index contributed by atoms with van der Waals surface area (Å²) in [5.74, 6) is 0. The molecular weight excluding hydrogens is 180 g/mol. The van der Waals surface area contributed by atoms with Gasteiger partial charge in [-0.25, -0.2) is 0 Å². The number of rotatable bonds is 2. The number of hydrogen-bond donors (Lipinski definition) is 2. The van der Waals surface area contributed by atoms with Crippen LogP contribution in [0, 0.1) is 6.92 Å². The summed E-state index contributed by atoms with van der Waals surface area (Å²) in [6.45, 7) is 1.92. The van der Waals surface area contributed by atoms with Gasteiger partial charge >= 0.3 is 0 Å². The number of aliphatic hydroxyl groups excluding tert-OH is 1. The van der Waals surface area contributed by atoms with Crippen molar-refractivity contribution in [2.45, 2.75) is 13.0 Å². The lowest BCUT2D eigenvalue weighted by Gasteiger charge is -2.09. The van der Waals surface area contributed by atoms with Gasteiger partial charge in [0.15, 0.2) is 0 Å². The van der Waals surface area contributed by atoms with Gasteiger partial charge in [-0.3, -0.25) is 9.78 Å². The van der Waals surface area contributed by atoms with Crippen LogP contribution < -0.4 is 0 Å². The van der Waals surface area contributed by atoms with Gasteiger partial charge in [-0.05, 0) is 12.5 Å². The molecule has 2 aromatic rings. The fraction of sp³-hybridized carbons (Fsp3) is 0.333. The molecule has 0 spiro atoms. The quantitative estimate of drug-likeness (QED) is 0.729. The molecule has 0 bridgehead atoms. The smallest absolute Gasteiger partial charge is 0.124 e. The van der Waals surface area contributed by atoms with Crippen LogP contribution in [-0.4, -0.2) is 25.1 Å². The van der Waals surface area contributed by atoms with E-state index in [1.54, 1.807) is 23.3 Å². The predicted molar refractivity (Wildman–Crippen MR) is 50.6 cm³/mol. The van der Waals surface area contributed by atoms with Gasteiger partial charge in [-0.15, -0.1) is 0 Å². The fourth-order valence-corrected chi connectivity index (χ4v) is 1.52. The standard InChI is InChI=1S/C9H12N4O/c1-6-3-12-13(2)8(6)9(14)7-4-10-11-5-7/h3-5,9,14H,1-2H3,(H,10,11). The normalized spacial score (nSPS) is 13.1. The maximum atomic E-state index is 10.0. The van der Waals surface area contributed by atoms with E-state index in [2.05, 4.69) is 15.3 Å². The third-order valence-corrected chi connectivity index (χ3v) is 2.27. The number of aliphatic hydroxyl groups is 1. The monoisotopic (exact) mass is 192 g/mol. The van der Waals surface area contributed by atoms with E-state index < -0.39 is 6.10 Å². The molecule has 0 saturated heterocycles. The second-order valence-corrected chi connectivity index (χ2v) is 3.27. The van der Waals surface area contributed by atoms with Crippen molar-refractivity contribution in [1.29, 1.82) is 0 Å². The highest BCUT2D eigenvalue weighted by Crippen LogP contribution is 2.22. The molecular formula is C9H12N4O. The predicted octanol–water partition coefficient (Wildman–Crippen LogP) is 0.533. The summed E-state index contributed by atoms with van der Waals surface area (Å²) in [6, 6.07) is 0. The topological polar surface area (TPSA) is 66.7 Å². The van der Waals surface area contributed by atoms with Crippen molar-refractivity contribution in [3.63, 3.8) is 0 Å². The number of H-pyrrole nitrogens is 1. The maximum absolute atomic E-state index is 10.0. The number of nitrogens with one attached hydrogen (secondary N) is 1. The Balaban J connectivity index is 2.41. The van der Waals surface area contributed by atoms with Crippen LogP contribution in [0.1, 0.15) is 22.9 Å². The van der Waals surface area contributed by atoms with Crippen LogP contribution in [0.4, 0.5) is 0 Å². The van der Waals surface area contributed by atoms with E-state index in [1.165, 1.54) is 0 Å². The zero-order valence-corrected chi connectivity index (χ0v) is 8.10. The van der Waals surface area contributed by atoms with Gasteiger partial charge < -0.3 is 5.11 Å². The second-order valence-electron chi connectivity index (χ2n) is 3.27. The van der Waals surface area contributed by atoms with Crippen molar-refractivity contribution >= 4 is 0 Å². The highest BCUT2D eigenvalue weighted by atomic mass is 16.3. The van der Waals surface area contributed by atoms with E-state index in [9.17, 15) is 5.11 Å². The molecule has 2 heterocycles. The molecule has 0 fully saturated rings. The lowest BCUT2D eigenvalue weighted by molar-refractivity contribution is 0.209. The Bertz CT molecular complexity index is 398. The highest BCUT2D eigenvalue weighted by Gasteiger charge is 2.17. The Morgan fingerprint density at radius 1 is 1.50 bits per heavy atom. The van der Waals surface area contributed by atoms with Gasteiger partial charge in [0.1, 0.15) is 6.10 Å². The van der Waals surface area contributed by atoms with Crippen molar-refractivity contribution in [2.24, 2.45) is 7.05 Å². The number of nitrogens with zero attached hydrogens (tertiary/aromatic N) is 3. The van der Waals surface area contributed by atoms with Crippen LogP contribution in [0.3, 0.4) is 0 Å². The summed E-state index contributed by atoms with van der Waals surface area (Å²) < 4.78 is 1.67. The van der Waals surface area contributed by atoms with Crippen LogP contribution in [0.5, 0.6) is 0 Å². The minimum absolute atomic E-state index is 0.666. The van der Waals surface area contributed by atoms with Crippen LogP contribution in [-0.2, 0) is 7.05 Å². The minimum Gasteiger partial charge on any atom is -0.382 e. The van der Waals surface area contributed by atoms with Crippen molar-refractivity contribution in [2.75, 3.05) is 0 Å². The van der Waals surface area contributed by atoms with Crippen LogP contribution in [0.15, 0.2) is 18.6 Å². The van der Waals surface area contributed by atoms with E-state index >= 15 is 0 Å². The van der Waals surface area contributed by atoms with E-state index in [-0.39, 0.29) is 0 Å². The summed E-state index contributed by atoms with van der Waals surface area (Å²) in [4.78, 5) is 0. The average molecular weight is 192 g/mol. The van der Waals surface area contributed by atoms with Crippen LogP contribution in [0.2, 0.25) is 0 Å². The van der Waals surface area contributed by atoms with Crippen molar-refractivity contribution in [3.8, 4) is 0 Å². The van der Waals surface area contributed by atoms with Gasteiger partial charge in [0.2, 0.25) is 0 Å². The molecule has 14 heavy (non-hydrogen) atoms. The number of hydrogen-bond acceptors (Lipinski definition) is 3. The van der Waals surface area contributed by atoms with Gasteiger partial charge in [0.05, 0.1) is 18.1 Å². The average Bonchev–Trinajstić information content (AvgIpc) is 2.75. The second kappa shape index (κ2) is 3.26. The van der Waals surface area contributed by atoms with Gasteiger partial charge in [0, 0.05) is 18.8 Å². The largest absolute Gasteiger partial charge is 0.382 e. The molecule has 5 nitrogen and oxygen atoms in total. The molecule has 0 saturated carbocycles. The number of aromatic amines is 1. The molecule has 0 aliphatic carbocycles. The zero-order valence-electron chi connectivity index (χ0n) is 8.10. The molecule has 0 amide bonds. The molecule has 1 atom stereocenters. The van der Waals surface area contributed by atoms with Crippen molar-refractivity contribution in [1.82, 2.24) is 20.0 Å². The van der Waals surface area contributed by atoms with Gasteiger partial charge in [0.25, 0.3) is 0 Å². The Labute approximate surface area is 81.4 Å². The van der Waals surface area contributed by atoms with Crippen molar-refractivity contribution in [3.05, 3.63) is 35.4 Å². The highest BCUT2D eigenvalue weighted by molar-refractivity contribution is 5.26. The number of aromatic nitrogens is 4. The Morgan fingerprint density at radius 3 is 2.79 bits per heavy atom. The molecule has 74 valence electrons. The molecule has 1 unspecified atom stereocenters. The van der Waals surface area contributed by atoms with E-state index in [0.29, 0.717) is 0 Å². The van der Waals surface area contributed by atoms with Gasteiger partial charge in [-0.1, -0.05) is 0 Å².